The molecule has 0 aliphatic heterocycles. The molecule has 0 aromatic rings. The first kappa shape index (κ1) is 51.4. The lowest BCUT2D eigenvalue weighted by atomic mass is 10.0. The highest BCUT2D eigenvalue weighted by molar-refractivity contribution is 7.86. The van der Waals surface area contributed by atoms with Crippen LogP contribution < -0.4 is 16.0 Å². The number of quaternary nitrogens is 1. The van der Waals surface area contributed by atoms with Gasteiger partial charge in [0.2, 0.25) is 0 Å². The van der Waals surface area contributed by atoms with E-state index in [0.29, 0.717) is 17.4 Å². The Morgan fingerprint density at radius 2 is 0.942 bits per heavy atom. The number of rotatable bonds is 33. The highest BCUT2D eigenvalue weighted by atomic mass is 32.2. The van der Waals surface area contributed by atoms with Crippen LogP contribution in [0.15, 0.2) is 0 Å². The molecule has 22 nitrogen and oxygen atoms in total. The third-order valence-corrected chi connectivity index (χ3v) is 13.0. The molecule has 0 fully saturated rings. The molecule has 52 heavy (non-hydrogen) atoms. The molecular formula is C26H59N4O18S3Si-. The van der Waals surface area contributed by atoms with Crippen molar-refractivity contribution in [1.82, 2.24) is 16.0 Å². The zero-order valence-corrected chi connectivity index (χ0v) is 33.4. The number of aliphatic hydroxyl groups excluding tert-OH is 6. The number of aliphatic hydroxyl groups is 6. The molecule has 0 amide bonds. The van der Waals surface area contributed by atoms with E-state index in [2.05, 4.69) is 16.0 Å². The summed E-state index contributed by atoms with van der Waals surface area (Å²) in [5, 5.41) is 69.3. The van der Waals surface area contributed by atoms with Crippen LogP contribution >= 0.6 is 0 Å². The lowest BCUT2D eigenvalue weighted by molar-refractivity contribution is -0.890. The van der Waals surface area contributed by atoms with Crippen molar-refractivity contribution in [1.29, 1.82) is 0 Å². The average molecular weight is 840 g/mol. The first-order chi connectivity index (χ1) is 23.9. The van der Waals surface area contributed by atoms with Gasteiger partial charge >= 0.3 is 8.80 Å². The van der Waals surface area contributed by atoms with E-state index in [1.54, 1.807) is 0 Å². The maximum absolute atomic E-state index is 11.3. The van der Waals surface area contributed by atoms with Crippen LogP contribution in [0.4, 0.5) is 0 Å². The fourth-order valence-corrected chi connectivity index (χ4v) is 8.59. The second kappa shape index (κ2) is 22.8. The Morgan fingerprint density at radius 1 is 0.615 bits per heavy atom. The molecule has 0 aliphatic carbocycles. The minimum Gasteiger partial charge on any atom is -0.748 e. The molecule has 26 heteroatoms. The Hall–Kier alpha value is -0.573. The smallest absolute Gasteiger partial charge is 0.501 e. The van der Waals surface area contributed by atoms with Gasteiger partial charge in [-0.3, -0.25) is 4.55 Å². The normalized spacial score (nSPS) is 14.3. The average Bonchev–Trinajstić information content (AvgIpc) is 3.04. The van der Waals surface area contributed by atoms with Crippen molar-refractivity contribution in [3.63, 3.8) is 0 Å². The molecule has 0 aromatic carbocycles. The SMILES string of the molecule is CCC[N+](C)(C)CCC[Si](OCC(CO)(CO)NCCS(=O)(=O)[O-])(OCC(CO)(CO)NCCS(=O)(=O)[O-])OCC(CO)(CO)NCCS(=O)(=O)O. The van der Waals surface area contributed by atoms with Gasteiger partial charge in [0.15, 0.2) is 0 Å². The number of nitrogens with zero attached hydrogens (tertiary/aromatic N) is 1. The van der Waals surface area contributed by atoms with Crippen molar-refractivity contribution in [2.24, 2.45) is 0 Å². The van der Waals surface area contributed by atoms with Gasteiger partial charge in [0, 0.05) is 32.1 Å². The largest absolute Gasteiger partial charge is 0.748 e. The van der Waals surface area contributed by atoms with E-state index in [1.165, 1.54) is 0 Å². The number of nitrogens with one attached hydrogen (secondary N) is 3. The predicted octanol–water partition coefficient (Wildman–Crippen LogP) is -6.23. The fourth-order valence-electron chi connectivity index (χ4n) is 4.77. The Balaban J connectivity index is 6.98. The number of hydrogen-bond donors (Lipinski definition) is 10. The maximum atomic E-state index is 11.3. The summed E-state index contributed by atoms with van der Waals surface area (Å²) < 4.78 is 118. The molecule has 10 N–H and O–H groups in total. The van der Waals surface area contributed by atoms with Crippen LogP contribution in [0.1, 0.15) is 19.8 Å². The molecule has 0 atom stereocenters. The Bertz CT molecular complexity index is 1190. The first-order valence-corrected chi connectivity index (χ1v) is 23.0. The molecule has 0 spiro atoms. The van der Waals surface area contributed by atoms with Gasteiger partial charge in [-0.05, 0) is 6.42 Å². The summed E-state index contributed by atoms with van der Waals surface area (Å²) in [6.45, 7) is -5.48. The quantitative estimate of drug-likeness (QED) is 0.0167. The summed E-state index contributed by atoms with van der Waals surface area (Å²) in [7, 11) is -14.4. The Morgan fingerprint density at radius 3 is 1.21 bits per heavy atom. The summed E-state index contributed by atoms with van der Waals surface area (Å²) in [6.07, 6.45) is 1.12. The third kappa shape index (κ3) is 20.9. The lowest BCUT2D eigenvalue weighted by Crippen LogP contribution is -2.64. The molecule has 0 rings (SSSR count). The maximum Gasteiger partial charge on any atom is 0.501 e. The van der Waals surface area contributed by atoms with Gasteiger partial charge in [0.25, 0.3) is 10.1 Å². The van der Waals surface area contributed by atoms with Crippen LogP contribution in [-0.2, 0) is 43.6 Å². The Labute approximate surface area is 307 Å². The highest BCUT2D eigenvalue weighted by Gasteiger charge is 2.48. The summed E-state index contributed by atoms with van der Waals surface area (Å²) >= 11 is 0. The van der Waals surface area contributed by atoms with Crippen LogP contribution in [0.3, 0.4) is 0 Å². The molecule has 0 aromatic heterocycles. The van der Waals surface area contributed by atoms with Crippen molar-refractivity contribution in [3.8, 4) is 0 Å². The zero-order chi connectivity index (χ0) is 40.4. The van der Waals surface area contributed by atoms with E-state index in [4.69, 9.17) is 17.8 Å². The zero-order valence-electron chi connectivity index (χ0n) is 29.9. The third-order valence-electron chi connectivity index (χ3n) is 8.16. The van der Waals surface area contributed by atoms with Gasteiger partial charge in [-0.25, -0.2) is 16.8 Å². The fraction of sp³-hybridized carbons (Fsp3) is 1.00. The summed E-state index contributed by atoms with van der Waals surface area (Å²) in [5.41, 5.74) is -5.40. The second-order valence-corrected chi connectivity index (χ2v) is 20.8. The molecule has 0 aliphatic rings. The van der Waals surface area contributed by atoms with E-state index < -0.39 is 152 Å². The van der Waals surface area contributed by atoms with E-state index in [-0.39, 0.29) is 6.04 Å². The molecule has 0 saturated carbocycles. The molecule has 0 radical (unpaired) electrons. The van der Waals surface area contributed by atoms with Gasteiger partial charge in [-0.1, -0.05) is 6.92 Å². The molecule has 314 valence electrons. The molecule has 0 unspecified atom stereocenters. The Kier molecular flexibility index (Phi) is 22.6. The van der Waals surface area contributed by atoms with Crippen LogP contribution in [-0.4, -0.2) is 223 Å². The van der Waals surface area contributed by atoms with Crippen molar-refractivity contribution in [3.05, 3.63) is 0 Å². The minimum absolute atomic E-state index is 0.0832. The van der Waals surface area contributed by atoms with Crippen LogP contribution in [0.25, 0.3) is 0 Å². The summed E-state index contributed by atoms with van der Waals surface area (Å²) in [4.78, 5) is 0. The van der Waals surface area contributed by atoms with Gasteiger partial charge in [0.1, 0.15) is 0 Å². The lowest BCUT2D eigenvalue weighted by Gasteiger charge is -2.41. The predicted molar refractivity (Wildman–Crippen MR) is 185 cm³/mol. The second-order valence-electron chi connectivity index (χ2n) is 13.4. The van der Waals surface area contributed by atoms with E-state index in [1.807, 2.05) is 21.0 Å². The molecule has 0 saturated heterocycles. The molecular weight excluding hydrogens is 781 g/mol. The first-order valence-electron chi connectivity index (χ1n) is 16.3. The van der Waals surface area contributed by atoms with Gasteiger partial charge in [-0.2, -0.15) is 8.42 Å². The van der Waals surface area contributed by atoms with Gasteiger partial charge < -0.3 is 73.5 Å². The van der Waals surface area contributed by atoms with E-state index in [9.17, 15) is 65.0 Å². The van der Waals surface area contributed by atoms with Crippen molar-refractivity contribution < 1.29 is 87.3 Å². The van der Waals surface area contributed by atoms with Crippen molar-refractivity contribution >= 4 is 39.2 Å². The van der Waals surface area contributed by atoms with Crippen molar-refractivity contribution in [2.45, 2.75) is 42.4 Å². The monoisotopic (exact) mass is 839 g/mol. The van der Waals surface area contributed by atoms with Gasteiger partial charge in [0.05, 0.1) is 141 Å². The van der Waals surface area contributed by atoms with E-state index >= 15 is 0 Å². The molecule has 0 heterocycles. The van der Waals surface area contributed by atoms with Gasteiger partial charge in [-0.15, -0.1) is 0 Å². The standard InChI is InChI=1S/C26H60N4O18S3Si/c1-4-9-30(2,3)10-5-14-52(46-21-24(15-31,16-32)27-6-11-49(37,38)39,47-22-25(17-33,18-34)28-7-12-50(40,41)42)48-23-26(19-35,20-36)29-8-13-51(43,44)45/h27-29,31-36H,4-23H2,1-3H3,(H2-,37,38,39,40,41,42,43,44,45)/p-1. The highest BCUT2D eigenvalue weighted by Crippen LogP contribution is 2.25. The molecule has 0 bridgehead atoms. The summed E-state index contributed by atoms with van der Waals surface area (Å²) in [5.74, 6) is -2.64. The van der Waals surface area contributed by atoms with Crippen LogP contribution in [0.2, 0.25) is 6.04 Å². The number of hydrogen-bond acceptors (Lipinski definition) is 20. The van der Waals surface area contributed by atoms with Crippen LogP contribution in [0.5, 0.6) is 0 Å². The van der Waals surface area contributed by atoms with Crippen LogP contribution in [0, 0.1) is 0 Å². The minimum atomic E-state index is -4.71. The van der Waals surface area contributed by atoms with Crippen molar-refractivity contribution in [2.75, 3.05) is 124 Å². The van der Waals surface area contributed by atoms with E-state index in [0.717, 1.165) is 13.0 Å². The topological polar surface area (TPSA) is 354 Å². The summed E-state index contributed by atoms with van der Waals surface area (Å²) in [6, 6.07) is -0.0832.